The van der Waals surface area contributed by atoms with E-state index in [9.17, 15) is 9.90 Å². The van der Waals surface area contributed by atoms with Gasteiger partial charge in [0.15, 0.2) is 0 Å². The molecule has 4 nitrogen and oxygen atoms in total. The Morgan fingerprint density at radius 1 is 0.769 bits per heavy atom. The van der Waals surface area contributed by atoms with Gasteiger partial charge >= 0.3 is 5.97 Å². The Morgan fingerprint density at radius 3 is 2.08 bits per heavy atom. The smallest absolute Gasteiger partial charge is 0.346 e. The van der Waals surface area contributed by atoms with Crippen LogP contribution in [0.15, 0.2) is 121 Å². The average molecular weight is 523 g/mol. The standard InChI is InChI=1S/C34H22N2O2S/c35-21-26(34(37)38)19-27-16-18-33(39-27)25-15-17-32-29(20-25)28-13-7-8-14-31(28)36(32)22-30(23-9-3-1-4-10-23)24-11-5-2-6-12-24/h1-20,22H,(H,37,38). The Morgan fingerprint density at radius 2 is 1.41 bits per heavy atom. The van der Waals surface area contributed by atoms with Crippen LogP contribution in [-0.4, -0.2) is 15.6 Å². The molecule has 0 fully saturated rings. The van der Waals surface area contributed by atoms with Crippen LogP contribution in [0.25, 0.3) is 50.1 Å². The zero-order valence-corrected chi connectivity index (χ0v) is 21.6. The SMILES string of the molecule is N#CC(=Cc1ccc(-c2ccc3c(c2)c2ccccc2n3C=C(c2ccccc2)c2ccccc2)s1)C(=O)O. The highest BCUT2D eigenvalue weighted by atomic mass is 32.1. The van der Waals surface area contributed by atoms with Crippen LogP contribution >= 0.6 is 11.3 Å². The first-order chi connectivity index (χ1) is 19.1. The summed E-state index contributed by atoms with van der Waals surface area (Å²) in [5.41, 5.74) is 6.39. The summed E-state index contributed by atoms with van der Waals surface area (Å²) in [5, 5.41) is 20.6. The number of carbonyl (C=O) groups is 1. The molecule has 4 aromatic carbocycles. The van der Waals surface area contributed by atoms with E-state index >= 15 is 0 Å². The lowest BCUT2D eigenvalue weighted by atomic mass is 9.99. The van der Waals surface area contributed by atoms with Crippen molar-refractivity contribution in [2.45, 2.75) is 0 Å². The Kier molecular flexibility index (Phi) is 6.38. The molecule has 0 spiro atoms. The maximum absolute atomic E-state index is 11.2. The molecule has 0 unspecified atom stereocenters. The molecule has 0 aliphatic heterocycles. The van der Waals surface area contributed by atoms with Crippen LogP contribution in [0, 0.1) is 11.3 Å². The number of hydrogen-bond donors (Lipinski definition) is 1. The summed E-state index contributed by atoms with van der Waals surface area (Å²) in [6, 6.07) is 41.2. The van der Waals surface area contributed by atoms with Crippen LogP contribution in [-0.2, 0) is 4.79 Å². The predicted molar refractivity (Wildman–Crippen MR) is 160 cm³/mol. The van der Waals surface area contributed by atoms with Crippen LogP contribution in [0.1, 0.15) is 16.0 Å². The fourth-order valence-corrected chi connectivity index (χ4v) is 5.79. The molecule has 6 aromatic rings. The molecule has 0 radical (unpaired) electrons. The van der Waals surface area contributed by atoms with Crippen molar-refractivity contribution in [1.29, 1.82) is 5.26 Å². The third kappa shape index (κ3) is 4.66. The number of thiophene rings is 1. The van der Waals surface area contributed by atoms with Crippen molar-refractivity contribution in [3.8, 4) is 16.5 Å². The van der Waals surface area contributed by atoms with Gasteiger partial charge in [0.2, 0.25) is 0 Å². The largest absolute Gasteiger partial charge is 0.477 e. The second-order valence-corrected chi connectivity index (χ2v) is 10.2. The number of nitrogens with zero attached hydrogens (tertiary/aromatic N) is 2. The Hall–Kier alpha value is -5.18. The minimum Gasteiger partial charge on any atom is -0.477 e. The van der Waals surface area contributed by atoms with E-state index in [0.29, 0.717) is 0 Å². The lowest BCUT2D eigenvalue weighted by Crippen LogP contribution is -1.96. The van der Waals surface area contributed by atoms with Crippen LogP contribution in [0.3, 0.4) is 0 Å². The van der Waals surface area contributed by atoms with E-state index in [0.717, 1.165) is 53.8 Å². The first-order valence-electron chi connectivity index (χ1n) is 12.4. The molecule has 0 aliphatic rings. The summed E-state index contributed by atoms with van der Waals surface area (Å²) in [6.07, 6.45) is 3.64. The fraction of sp³-hybridized carbons (Fsp3) is 0. The summed E-state index contributed by atoms with van der Waals surface area (Å²) in [7, 11) is 0. The summed E-state index contributed by atoms with van der Waals surface area (Å²) in [6.45, 7) is 0. The number of carboxylic acid groups (broad SMARTS) is 1. The third-order valence-corrected chi connectivity index (χ3v) is 7.77. The van der Waals surface area contributed by atoms with Gasteiger partial charge in [-0.2, -0.15) is 5.26 Å². The van der Waals surface area contributed by atoms with Gasteiger partial charge in [0.05, 0.1) is 11.0 Å². The first-order valence-corrected chi connectivity index (χ1v) is 13.2. The van der Waals surface area contributed by atoms with E-state index < -0.39 is 5.97 Å². The maximum atomic E-state index is 11.2. The van der Waals surface area contributed by atoms with Crippen LogP contribution in [0.4, 0.5) is 0 Å². The van der Waals surface area contributed by atoms with Crippen LogP contribution < -0.4 is 0 Å². The second kappa shape index (κ2) is 10.3. The number of aliphatic carboxylic acids is 1. The average Bonchev–Trinajstić information content (AvgIpc) is 3.58. The Balaban J connectivity index is 1.52. The number of rotatable bonds is 6. The second-order valence-electron chi connectivity index (χ2n) is 9.07. The molecule has 0 atom stereocenters. The number of para-hydroxylation sites is 1. The molecule has 186 valence electrons. The first kappa shape index (κ1) is 24.2. The number of fused-ring (bicyclic) bond motifs is 3. The van der Waals surface area contributed by atoms with Gasteiger partial charge in [-0.15, -0.1) is 11.3 Å². The Bertz CT molecular complexity index is 1900. The normalized spacial score (nSPS) is 11.4. The van der Waals surface area contributed by atoms with Crippen LogP contribution in [0.2, 0.25) is 0 Å². The van der Waals surface area contributed by atoms with Crippen molar-refractivity contribution in [1.82, 2.24) is 4.57 Å². The fourth-order valence-electron chi connectivity index (χ4n) is 4.85. The third-order valence-electron chi connectivity index (χ3n) is 6.69. The molecule has 39 heavy (non-hydrogen) atoms. The van der Waals surface area contributed by atoms with Crippen molar-refractivity contribution < 1.29 is 9.90 Å². The molecule has 0 amide bonds. The zero-order valence-electron chi connectivity index (χ0n) is 20.8. The Labute approximate surface area is 229 Å². The molecule has 0 bridgehead atoms. The lowest BCUT2D eigenvalue weighted by Gasteiger charge is -2.11. The monoisotopic (exact) mass is 522 g/mol. The molecular formula is C34H22N2O2S. The van der Waals surface area contributed by atoms with E-state index in [2.05, 4.69) is 102 Å². The quantitative estimate of drug-likeness (QED) is 0.176. The van der Waals surface area contributed by atoms with Gasteiger partial charge in [-0.25, -0.2) is 4.79 Å². The summed E-state index contributed by atoms with van der Waals surface area (Å²) < 4.78 is 2.26. The van der Waals surface area contributed by atoms with E-state index in [1.807, 2.05) is 24.3 Å². The molecule has 2 heterocycles. The molecule has 0 saturated heterocycles. The molecule has 6 rings (SSSR count). The topological polar surface area (TPSA) is 66.0 Å². The van der Waals surface area contributed by atoms with Gasteiger partial charge in [-0.1, -0.05) is 84.9 Å². The van der Waals surface area contributed by atoms with Gasteiger partial charge < -0.3 is 9.67 Å². The minimum absolute atomic E-state index is 0.277. The number of hydrogen-bond acceptors (Lipinski definition) is 3. The molecular weight excluding hydrogens is 500 g/mol. The van der Waals surface area contributed by atoms with Crippen molar-refractivity contribution >= 4 is 57.0 Å². The number of carboxylic acids is 1. The van der Waals surface area contributed by atoms with Crippen molar-refractivity contribution in [3.63, 3.8) is 0 Å². The lowest BCUT2D eigenvalue weighted by molar-refractivity contribution is -0.132. The van der Waals surface area contributed by atoms with E-state index in [-0.39, 0.29) is 5.57 Å². The summed E-state index contributed by atoms with van der Waals surface area (Å²) in [4.78, 5) is 13.0. The number of nitriles is 1. The van der Waals surface area contributed by atoms with Crippen LogP contribution in [0.5, 0.6) is 0 Å². The molecule has 1 N–H and O–H groups in total. The number of aromatic nitrogens is 1. The van der Waals surface area contributed by atoms with Gasteiger partial charge in [-0.3, -0.25) is 0 Å². The van der Waals surface area contributed by atoms with Gasteiger partial charge in [0.25, 0.3) is 0 Å². The number of benzene rings is 4. The zero-order chi connectivity index (χ0) is 26.8. The van der Waals surface area contributed by atoms with Crippen molar-refractivity contribution in [2.75, 3.05) is 0 Å². The van der Waals surface area contributed by atoms with Crippen molar-refractivity contribution in [3.05, 3.63) is 137 Å². The predicted octanol–water partition coefficient (Wildman–Crippen LogP) is 8.56. The highest BCUT2D eigenvalue weighted by Crippen LogP contribution is 2.37. The van der Waals surface area contributed by atoms with Crippen molar-refractivity contribution in [2.24, 2.45) is 0 Å². The van der Waals surface area contributed by atoms with Gasteiger partial charge in [-0.05, 0) is 53.1 Å². The van der Waals surface area contributed by atoms with Gasteiger partial charge in [0.1, 0.15) is 11.6 Å². The van der Waals surface area contributed by atoms with E-state index in [1.54, 1.807) is 6.07 Å². The maximum Gasteiger partial charge on any atom is 0.346 e. The highest BCUT2D eigenvalue weighted by Gasteiger charge is 2.14. The minimum atomic E-state index is -1.22. The van der Waals surface area contributed by atoms with Gasteiger partial charge in [0, 0.05) is 32.3 Å². The summed E-state index contributed by atoms with van der Waals surface area (Å²) >= 11 is 1.46. The molecule has 0 saturated carbocycles. The molecule has 5 heteroatoms. The van der Waals surface area contributed by atoms with E-state index in [1.165, 1.54) is 17.4 Å². The van der Waals surface area contributed by atoms with E-state index in [4.69, 9.17) is 5.26 Å². The highest BCUT2D eigenvalue weighted by molar-refractivity contribution is 7.16. The summed E-state index contributed by atoms with van der Waals surface area (Å²) in [5.74, 6) is -1.22. The molecule has 2 aromatic heterocycles. The molecule has 0 aliphatic carbocycles.